The smallest absolute Gasteiger partial charge is 0.255 e. The second kappa shape index (κ2) is 8.97. The first-order valence-electron chi connectivity index (χ1n) is 9.91. The third-order valence-corrected chi connectivity index (χ3v) is 5.82. The number of aryl methyl sites for hydroxylation is 1. The summed E-state index contributed by atoms with van der Waals surface area (Å²) in [5.41, 5.74) is 9.16. The van der Waals surface area contributed by atoms with Gasteiger partial charge in [-0.15, -0.1) is 0 Å². The van der Waals surface area contributed by atoms with Crippen LogP contribution in [-0.2, 0) is 18.4 Å². The van der Waals surface area contributed by atoms with Crippen LogP contribution in [0, 0.1) is 0 Å². The van der Waals surface area contributed by atoms with Crippen molar-refractivity contribution < 1.29 is 9.53 Å². The third kappa shape index (κ3) is 4.71. The van der Waals surface area contributed by atoms with Crippen LogP contribution in [0.5, 0.6) is 0 Å². The minimum Gasteiger partial charge on any atom is -0.383 e. The minimum atomic E-state index is -0.228. The number of hydrogen-bond acceptors (Lipinski definition) is 5. The highest BCUT2D eigenvalue weighted by Crippen LogP contribution is 2.26. The number of nitrogen functional groups attached to an aromatic ring is 1. The first-order valence-corrected chi connectivity index (χ1v) is 10.7. The molecule has 3 N–H and O–H groups in total. The van der Waals surface area contributed by atoms with E-state index in [2.05, 4.69) is 31.3 Å². The van der Waals surface area contributed by atoms with Gasteiger partial charge in [0, 0.05) is 35.0 Å². The summed E-state index contributed by atoms with van der Waals surface area (Å²) in [5, 5.41) is 7.28. The molecule has 156 valence electrons. The first-order chi connectivity index (χ1) is 14.5. The molecule has 1 saturated carbocycles. The summed E-state index contributed by atoms with van der Waals surface area (Å²) < 4.78 is 8.86. The lowest BCUT2D eigenvalue weighted by Crippen LogP contribution is -2.41. The zero-order valence-corrected chi connectivity index (χ0v) is 18.3. The van der Waals surface area contributed by atoms with E-state index in [4.69, 9.17) is 10.5 Å². The van der Waals surface area contributed by atoms with Gasteiger partial charge in [-0.3, -0.25) is 9.48 Å². The maximum atomic E-state index is 13.0. The van der Waals surface area contributed by atoms with Gasteiger partial charge in [0.15, 0.2) is 0 Å². The summed E-state index contributed by atoms with van der Waals surface area (Å²) in [4.78, 5) is 17.2. The van der Waals surface area contributed by atoms with Crippen LogP contribution in [0.1, 0.15) is 35.2 Å². The number of nitrogens with zero attached hydrogens (tertiary/aromatic N) is 3. The number of halogens is 1. The van der Waals surface area contributed by atoms with Crippen molar-refractivity contribution in [1.29, 1.82) is 0 Å². The van der Waals surface area contributed by atoms with Gasteiger partial charge in [-0.05, 0) is 43.0 Å². The predicted molar refractivity (Wildman–Crippen MR) is 119 cm³/mol. The number of carbonyl (C=O) groups is 1. The van der Waals surface area contributed by atoms with Crippen molar-refractivity contribution in [2.45, 2.75) is 38.0 Å². The summed E-state index contributed by atoms with van der Waals surface area (Å²) in [7, 11) is 1.84. The van der Waals surface area contributed by atoms with Gasteiger partial charge < -0.3 is 15.8 Å². The standard InChI is InChI=1S/C22H24BrN5O2/c1-28-12-16(11-26-28)15-9-18(21(24)25-10-15)22(29)27-19-6-3-7-20(19)30-13-14-4-2-5-17(23)8-14/h2,4-5,8-12,19-20H,3,6-7,13H2,1H3,(H2,24,25)(H,27,29)/t19-,20-/m0/s1. The monoisotopic (exact) mass is 469 g/mol. The molecule has 3 aromatic rings. The van der Waals surface area contributed by atoms with E-state index in [0.29, 0.717) is 12.2 Å². The molecule has 30 heavy (non-hydrogen) atoms. The van der Waals surface area contributed by atoms with E-state index >= 15 is 0 Å². The highest BCUT2D eigenvalue weighted by molar-refractivity contribution is 9.10. The molecule has 0 aliphatic heterocycles. The molecular formula is C22H24BrN5O2. The van der Waals surface area contributed by atoms with Crippen molar-refractivity contribution in [3.05, 3.63) is 64.5 Å². The minimum absolute atomic E-state index is 0.0244. The molecule has 1 aliphatic carbocycles. The number of anilines is 1. The molecule has 2 heterocycles. The Hall–Kier alpha value is -2.71. The molecule has 4 rings (SSSR count). The summed E-state index contributed by atoms with van der Waals surface area (Å²) in [5.74, 6) is -0.0153. The van der Waals surface area contributed by atoms with Crippen molar-refractivity contribution in [1.82, 2.24) is 20.1 Å². The molecule has 0 saturated heterocycles. The lowest BCUT2D eigenvalue weighted by atomic mass is 10.1. The Kier molecular flexibility index (Phi) is 6.15. The highest BCUT2D eigenvalue weighted by Gasteiger charge is 2.30. The van der Waals surface area contributed by atoms with Gasteiger partial charge in [-0.25, -0.2) is 4.98 Å². The van der Waals surface area contributed by atoms with Crippen LogP contribution >= 0.6 is 15.9 Å². The molecule has 7 nitrogen and oxygen atoms in total. The van der Waals surface area contributed by atoms with Crippen LogP contribution in [0.3, 0.4) is 0 Å². The number of aromatic nitrogens is 3. The summed E-state index contributed by atoms with van der Waals surface area (Å²) in [6, 6.07) is 9.76. The van der Waals surface area contributed by atoms with E-state index < -0.39 is 0 Å². The first kappa shape index (κ1) is 20.6. The number of ether oxygens (including phenoxy) is 1. The normalized spacial score (nSPS) is 18.5. The molecule has 8 heteroatoms. The number of amides is 1. The fourth-order valence-corrected chi connectivity index (χ4v) is 4.20. The number of hydrogen-bond donors (Lipinski definition) is 2. The van der Waals surface area contributed by atoms with Gasteiger partial charge in [-0.2, -0.15) is 5.10 Å². The number of nitrogens with one attached hydrogen (secondary N) is 1. The van der Waals surface area contributed by atoms with Crippen molar-refractivity contribution in [2.24, 2.45) is 7.05 Å². The largest absolute Gasteiger partial charge is 0.383 e. The topological polar surface area (TPSA) is 95.1 Å². The Balaban J connectivity index is 1.43. The quantitative estimate of drug-likeness (QED) is 0.573. The van der Waals surface area contributed by atoms with Gasteiger partial charge in [0.1, 0.15) is 5.82 Å². The molecular weight excluding hydrogens is 446 g/mol. The van der Waals surface area contributed by atoms with Crippen LogP contribution in [0.2, 0.25) is 0 Å². The number of benzene rings is 1. The molecule has 0 spiro atoms. The van der Waals surface area contributed by atoms with Gasteiger partial charge in [0.2, 0.25) is 0 Å². The average Bonchev–Trinajstić information content (AvgIpc) is 3.35. The molecule has 2 atom stereocenters. The second-order valence-electron chi connectivity index (χ2n) is 7.55. The van der Waals surface area contributed by atoms with Gasteiger partial charge in [0.05, 0.1) is 30.5 Å². The summed E-state index contributed by atoms with van der Waals surface area (Å²) >= 11 is 3.48. The number of nitrogens with two attached hydrogens (primary N) is 1. The zero-order chi connectivity index (χ0) is 21.1. The van der Waals surface area contributed by atoms with E-state index in [0.717, 1.165) is 40.4 Å². The summed E-state index contributed by atoms with van der Waals surface area (Å²) in [6.07, 6.45) is 8.05. The fourth-order valence-electron chi connectivity index (χ4n) is 3.75. The molecule has 2 aromatic heterocycles. The SMILES string of the molecule is Cn1cc(-c2cnc(N)c(C(=O)N[C@H]3CCC[C@@H]3OCc3cccc(Br)c3)c2)cn1. The molecule has 1 fully saturated rings. The molecule has 1 amide bonds. The Morgan fingerprint density at radius 2 is 2.17 bits per heavy atom. The third-order valence-electron chi connectivity index (χ3n) is 5.32. The van der Waals surface area contributed by atoms with Crippen LogP contribution in [0.4, 0.5) is 5.82 Å². The molecule has 0 bridgehead atoms. The fraction of sp³-hybridized carbons (Fsp3) is 0.318. The predicted octanol–water partition coefficient (Wildman–Crippen LogP) is 3.69. The van der Waals surface area contributed by atoms with Crippen molar-refractivity contribution >= 4 is 27.7 Å². The molecule has 1 aliphatic rings. The maximum Gasteiger partial charge on any atom is 0.255 e. The van der Waals surface area contributed by atoms with E-state index in [-0.39, 0.29) is 23.9 Å². The lowest BCUT2D eigenvalue weighted by molar-refractivity contribution is 0.0272. The Labute approximate surface area is 183 Å². The van der Waals surface area contributed by atoms with E-state index in [1.54, 1.807) is 23.1 Å². The number of pyridine rings is 1. The Morgan fingerprint density at radius 1 is 1.30 bits per heavy atom. The molecule has 0 unspecified atom stereocenters. The van der Waals surface area contributed by atoms with Gasteiger partial charge in [-0.1, -0.05) is 28.1 Å². The molecule has 0 radical (unpaired) electrons. The Morgan fingerprint density at radius 3 is 2.93 bits per heavy atom. The highest BCUT2D eigenvalue weighted by atomic mass is 79.9. The van der Waals surface area contributed by atoms with E-state index in [1.165, 1.54) is 0 Å². The van der Waals surface area contributed by atoms with Gasteiger partial charge >= 0.3 is 0 Å². The summed E-state index contributed by atoms with van der Waals surface area (Å²) in [6.45, 7) is 0.511. The van der Waals surface area contributed by atoms with Crippen LogP contribution in [0.15, 0.2) is 53.4 Å². The zero-order valence-electron chi connectivity index (χ0n) is 16.7. The van der Waals surface area contributed by atoms with Crippen molar-refractivity contribution in [3.63, 3.8) is 0 Å². The van der Waals surface area contributed by atoms with Crippen molar-refractivity contribution in [3.8, 4) is 11.1 Å². The number of carbonyl (C=O) groups excluding carboxylic acids is 1. The van der Waals surface area contributed by atoms with Crippen LogP contribution in [0.25, 0.3) is 11.1 Å². The average molecular weight is 470 g/mol. The Bertz CT molecular complexity index is 1050. The lowest BCUT2D eigenvalue weighted by Gasteiger charge is -2.22. The van der Waals surface area contributed by atoms with Crippen molar-refractivity contribution in [2.75, 3.05) is 5.73 Å². The number of rotatable bonds is 6. The second-order valence-corrected chi connectivity index (χ2v) is 8.47. The van der Waals surface area contributed by atoms with Crippen LogP contribution in [-0.4, -0.2) is 32.8 Å². The van der Waals surface area contributed by atoms with E-state index in [1.807, 2.05) is 37.5 Å². The maximum absolute atomic E-state index is 13.0. The van der Waals surface area contributed by atoms with Gasteiger partial charge in [0.25, 0.3) is 5.91 Å². The molecule has 1 aromatic carbocycles. The van der Waals surface area contributed by atoms with E-state index in [9.17, 15) is 4.79 Å². The van der Waals surface area contributed by atoms with Crippen LogP contribution < -0.4 is 11.1 Å².